The summed E-state index contributed by atoms with van der Waals surface area (Å²) in [6, 6.07) is 20.8. The topological polar surface area (TPSA) is 75.7 Å². The molecular formula is C25H28N2O4S. The van der Waals surface area contributed by atoms with Crippen LogP contribution in [0.5, 0.6) is 5.75 Å². The molecule has 3 aromatic carbocycles. The second-order valence-corrected chi connectivity index (χ2v) is 9.54. The van der Waals surface area contributed by atoms with Crippen LogP contribution in [0.3, 0.4) is 0 Å². The van der Waals surface area contributed by atoms with Crippen LogP contribution in [0.15, 0.2) is 77.7 Å². The normalized spacial score (nSPS) is 12.1. The van der Waals surface area contributed by atoms with Gasteiger partial charge in [0.05, 0.1) is 23.7 Å². The van der Waals surface area contributed by atoms with Crippen molar-refractivity contribution < 1.29 is 17.9 Å². The Hall–Kier alpha value is -3.32. The van der Waals surface area contributed by atoms with E-state index >= 15 is 0 Å². The van der Waals surface area contributed by atoms with Crippen LogP contribution >= 0.6 is 0 Å². The minimum Gasteiger partial charge on any atom is -0.497 e. The summed E-state index contributed by atoms with van der Waals surface area (Å²) in [5.74, 6) is 0.328. The van der Waals surface area contributed by atoms with Gasteiger partial charge < -0.3 is 10.1 Å². The van der Waals surface area contributed by atoms with E-state index in [1.165, 1.54) is 4.31 Å². The van der Waals surface area contributed by atoms with Gasteiger partial charge >= 0.3 is 0 Å². The van der Waals surface area contributed by atoms with Gasteiger partial charge in [-0.2, -0.15) is 0 Å². The molecule has 0 bridgehead atoms. The van der Waals surface area contributed by atoms with E-state index in [0.717, 1.165) is 22.4 Å². The first kappa shape index (κ1) is 23.3. The van der Waals surface area contributed by atoms with Gasteiger partial charge in [-0.1, -0.05) is 48.0 Å². The first-order chi connectivity index (χ1) is 15.2. The van der Waals surface area contributed by atoms with Crippen molar-refractivity contribution in [3.05, 3.63) is 89.5 Å². The molecule has 1 amide bonds. The Kier molecular flexibility index (Phi) is 7.20. The van der Waals surface area contributed by atoms with Gasteiger partial charge in [0.15, 0.2) is 0 Å². The van der Waals surface area contributed by atoms with Crippen LogP contribution < -0.4 is 14.4 Å². The van der Waals surface area contributed by atoms with Crippen molar-refractivity contribution in [2.75, 3.05) is 18.0 Å². The number of amides is 1. The Morgan fingerprint density at radius 2 is 1.59 bits per heavy atom. The van der Waals surface area contributed by atoms with Crippen LogP contribution in [-0.4, -0.2) is 28.0 Å². The molecule has 0 saturated carbocycles. The maximum atomic E-state index is 13.5. The molecule has 1 unspecified atom stereocenters. The highest BCUT2D eigenvalue weighted by molar-refractivity contribution is 7.92. The van der Waals surface area contributed by atoms with Gasteiger partial charge in [-0.15, -0.1) is 0 Å². The Morgan fingerprint density at radius 1 is 0.969 bits per heavy atom. The number of hydrogen-bond acceptors (Lipinski definition) is 4. The number of benzene rings is 3. The molecule has 0 aliphatic rings. The third kappa shape index (κ3) is 5.29. The molecule has 0 aromatic heterocycles. The summed E-state index contributed by atoms with van der Waals surface area (Å²) < 4.78 is 33.3. The van der Waals surface area contributed by atoms with Gasteiger partial charge in [-0.3, -0.25) is 9.10 Å². The molecule has 0 heterocycles. The number of sulfonamides is 1. The summed E-state index contributed by atoms with van der Waals surface area (Å²) in [6.45, 7) is 5.24. The Morgan fingerprint density at radius 3 is 2.19 bits per heavy atom. The lowest BCUT2D eigenvalue weighted by molar-refractivity contribution is -0.120. The summed E-state index contributed by atoms with van der Waals surface area (Å²) in [4.78, 5) is 13.1. The van der Waals surface area contributed by atoms with E-state index < -0.39 is 15.9 Å². The maximum Gasteiger partial charge on any atom is 0.264 e. The smallest absolute Gasteiger partial charge is 0.264 e. The van der Waals surface area contributed by atoms with E-state index in [4.69, 9.17) is 4.74 Å². The van der Waals surface area contributed by atoms with Crippen molar-refractivity contribution in [3.8, 4) is 5.75 Å². The molecule has 0 aliphatic carbocycles. The van der Waals surface area contributed by atoms with Crippen LogP contribution in [0.4, 0.5) is 5.69 Å². The fraction of sp³-hybridized carbons (Fsp3) is 0.240. The predicted molar refractivity (Wildman–Crippen MR) is 126 cm³/mol. The molecule has 3 aromatic rings. The number of nitrogens with zero attached hydrogens (tertiary/aromatic N) is 1. The van der Waals surface area contributed by atoms with Gasteiger partial charge in [0.2, 0.25) is 5.91 Å². The molecule has 0 spiro atoms. The molecule has 0 saturated heterocycles. The minimum atomic E-state index is -3.94. The number of rotatable bonds is 8. The third-order valence-corrected chi connectivity index (χ3v) is 7.05. The van der Waals surface area contributed by atoms with Crippen molar-refractivity contribution in [2.24, 2.45) is 0 Å². The van der Waals surface area contributed by atoms with Crippen molar-refractivity contribution in [1.29, 1.82) is 0 Å². The molecule has 6 nitrogen and oxygen atoms in total. The molecule has 0 radical (unpaired) electrons. The first-order valence-electron chi connectivity index (χ1n) is 10.3. The number of carbonyl (C=O) groups is 1. The Labute approximate surface area is 189 Å². The molecule has 168 valence electrons. The van der Waals surface area contributed by atoms with Crippen LogP contribution in [0.2, 0.25) is 0 Å². The highest BCUT2D eigenvalue weighted by Gasteiger charge is 2.28. The van der Waals surface area contributed by atoms with Crippen LogP contribution in [0, 0.1) is 13.8 Å². The molecule has 32 heavy (non-hydrogen) atoms. The second-order valence-electron chi connectivity index (χ2n) is 7.67. The molecular weight excluding hydrogens is 424 g/mol. The van der Waals surface area contributed by atoms with Crippen LogP contribution in [0.25, 0.3) is 0 Å². The van der Waals surface area contributed by atoms with Crippen molar-refractivity contribution in [1.82, 2.24) is 5.32 Å². The van der Waals surface area contributed by atoms with E-state index in [2.05, 4.69) is 5.32 Å². The summed E-state index contributed by atoms with van der Waals surface area (Å²) in [7, 11) is -2.35. The van der Waals surface area contributed by atoms with Gasteiger partial charge in [-0.05, 0) is 62.2 Å². The number of carbonyl (C=O) groups excluding carboxylic acids is 1. The standard InChI is InChI=1S/C25H28N2O4S/c1-18-9-15-23(16-10-18)32(29,30)27(24-8-6-5-7-19(24)2)17-25(28)26-20(3)21-11-13-22(31-4)14-12-21/h5-16,20H,17H2,1-4H3,(H,26,28). The zero-order valence-corrected chi connectivity index (χ0v) is 19.5. The largest absolute Gasteiger partial charge is 0.497 e. The molecule has 7 heteroatoms. The van der Waals surface area contributed by atoms with E-state index in [-0.39, 0.29) is 17.5 Å². The summed E-state index contributed by atoms with van der Waals surface area (Å²) >= 11 is 0. The second kappa shape index (κ2) is 9.87. The van der Waals surface area contributed by atoms with Crippen LogP contribution in [-0.2, 0) is 14.8 Å². The van der Waals surface area contributed by atoms with E-state index in [9.17, 15) is 13.2 Å². The SMILES string of the molecule is COc1ccc(C(C)NC(=O)CN(c2ccccc2C)S(=O)(=O)c2ccc(C)cc2)cc1. The number of para-hydroxylation sites is 1. The summed E-state index contributed by atoms with van der Waals surface area (Å²) in [5.41, 5.74) is 3.08. The summed E-state index contributed by atoms with van der Waals surface area (Å²) in [6.07, 6.45) is 0. The highest BCUT2D eigenvalue weighted by Crippen LogP contribution is 2.27. The van der Waals surface area contributed by atoms with Crippen LogP contribution in [0.1, 0.15) is 29.7 Å². The number of methoxy groups -OCH3 is 1. The molecule has 0 fully saturated rings. The zero-order chi connectivity index (χ0) is 23.3. The highest BCUT2D eigenvalue weighted by atomic mass is 32.2. The molecule has 1 N–H and O–H groups in total. The lowest BCUT2D eigenvalue weighted by atomic mass is 10.1. The van der Waals surface area contributed by atoms with Crippen molar-refractivity contribution >= 4 is 21.6 Å². The van der Waals surface area contributed by atoms with E-state index in [1.54, 1.807) is 43.5 Å². The monoisotopic (exact) mass is 452 g/mol. The molecule has 3 rings (SSSR count). The third-order valence-electron chi connectivity index (χ3n) is 5.27. The van der Waals surface area contributed by atoms with Gasteiger partial charge in [0, 0.05) is 0 Å². The van der Waals surface area contributed by atoms with Gasteiger partial charge in [-0.25, -0.2) is 8.42 Å². The quantitative estimate of drug-likeness (QED) is 0.550. The van der Waals surface area contributed by atoms with Gasteiger partial charge in [0.1, 0.15) is 12.3 Å². The minimum absolute atomic E-state index is 0.141. The van der Waals surface area contributed by atoms with Crippen molar-refractivity contribution in [3.63, 3.8) is 0 Å². The number of aryl methyl sites for hydroxylation is 2. The zero-order valence-electron chi connectivity index (χ0n) is 18.7. The first-order valence-corrected chi connectivity index (χ1v) is 11.7. The maximum absolute atomic E-state index is 13.5. The van der Waals surface area contributed by atoms with E-state index in [1.807, 2.05) is 57.2 Å². The average molecular weight is 453 g/mol. The lowest BCUT2D eigenvalue weighted by Crippen LogP contribution is -2.41. The molecule has 1 atom stereocenters. The van der Waals surface area contributed by atoms with E-state index in [0.29, 0.717) is 5.69 Å². The Balaban J connectivity index is 1.87. The fourth-order valence-electron chi connectivity index (χ4n) is 3.37. The lowest BCUT2D eigenvalue weighted by Gasteiger charge is -2.26. The molecule has 0 aliphatic heterocycles. The Bertz CT molecular complexity index is 1170. The predicted octanol–water partition coefficient (Wildman–Crippen LogP) is 4.38. The fourth-order valence-corrected chi connectivity index (χ4v) is 4.86. The number of anilines is 1. The summed E-state index contributed by atoms with van der Waals surface area (Å²) in [5, 5.41) is 2.90. The van der Waals surface area contributed by atoms with Gasteiger partial charge in [0.25, 0.3) is 10.0 Å². The average Bonchev–Trinajstić information content (AvgIpc) is 2.78. The number of ether oxygens (including phenoxy) is 1. The van der Waals surface area contributed by atoms with Crippen molar-refractivity contribution in [2.45, 2.75) is 31.7 Å². The number of nitrogens with one attached hydrogen (secondary N) is 1. The number of hydrogen-bond donors (Lipinski definition) is 1.